The second kappa shape index (κ2) is 10.5. The Kier molecular flexibility index (Phi) is 8.41. The number of hydrogen-bond donors (Lipinski definition) is 1. The maximum absolute atomic E-state index is 12.3. The predicted octanol–water partition coefficient (Wildman–Crippen LogP) is 2.60. The summed E-state index contributed by atoms with van der Waals surface area (Å²) in [5.41, 5.74) is 0. The number of ether oxygens (including phenoxy) is 1. The molecule has 1 aliphatic heterocycles. The van der Waals surface area contributed by atoms with Crippen LogP contribution in [0.25, 0.3) is 0 Å². The molecule has 0 atom stereocenters. The van der Waals surface area contributed by atoms with Gasteiger partial charge in [-0.3, -0.25) is 9.59 Å². The van der Waals surface area contributed by atoms with Crippen molar-refractivity contribution in [1.29, 1.82) is 0 Å². The molecule has 0 saturated carbocycles. The Bertz CT molecular complexity index is 687. The van der Waals surface area contributed by atoms with E-state index in [4.69, 9.17) is 27.9 Å². The van der Waals surface area contributed by atoms with Crippen LogP contribution in [0.3, 0.4) is 0 Å². The molecule has 0 bridgehead atoms. The SMILES string of the molecule is CN(C)C/C=C/C(=O)NC1CCN(C(=O)COc2ccc(Cl)cc2Cl)CC1. The zero-order valence-corrected chi connectivity index (χ0v) is 17.1. The standard InChI is InChI=1S/C19H25Cl2N3O3/c1-23(2)9-3-4-18(25)22-15-7-10-24(11-8-15)19(26)13-27-17-6-5-14(20)12-16(17)21/h3-6,12,15H,7-11,13H2,1-2H3,(H,22,25)/b4-3+. The first kappa shape index (κ1) is 21.5. The zero-order valence-electron chi connectivity index (χ0n) is 15.6. The smallest absolute Gasteiger partial charge is 0.260 e. The van der Waals surface area contributed by atoms with Crippen molar-refractivity contribution in [3.63, 3.8) is 0 Å². The maximum Gasteiger partial charge on any atom is 0.260 e. The number of piperidine rings is 1. The van der Waals surface area contributed by atoms with Gasteiger partial charge in [-0.05, 0) is 45.1 Å². The lowest BCUT2D eigenvalue weighted by Gasteiger charge is -2.32. The zero-order chi connectivity index (χ0) is 19.8. The summed E-state index contributed by atoms with van der Waals surface area (Å²) in [6.07, 6.45) is 4.83. The number of nitrogens with zero attached hydrogens (tertiary/aromatic N) is 2. The van der Waals surface area contributed by atoms with Gasteiger partial charge in [-0.25, -0.2) is 0 Å². The van der Waals surface area contributed by atoms with Gasteiger partial charge < -0.3 is 19.9 Å². The monoisotopic (exact) mass is 413 g/mol. The highest BCUT2D eigenvalue weighted by atomic mass is 35.5. The van der Waals surface area contributed by atoms with Crippen LogP contribution in [0.15, 0.2) is 30.4 Å². The first-order valence-corrected chi connectivity index (χ1v) is 9.58. The van der Waals surface area contributed by atoms with Gasteiger partial charge in [0.25, 0.3) is 5.91 Å². The number of rotatable bonds is 7. The van der Waals surface area contributed by atoms with Crippen LogP contribution in [0, 0.1) is 0 Å². The Morgan fingerprint density at radius 1 is 1.30 bits per heavy atom. The van der Waals surface area contributed by atoms with Crippen LogP contribution >= 0.6 is 23.2 Å². The highest BCUT2D eigenvalue weighted by Crippen LogP contribution is 2.27. The van der Waals surface area contributed by atoms with Gasteiger partial charge in [-0.1, -0.05) is 29.3 Å². The van der Waals surface area contributed by atoms with Gasteiger partial charge in [0.1, 0.15) is 5.75 Å². The van der Waals surface area contributed by atoms with E-state index < -0.39 is 0 Å². The Morgan fingerprint density at radius 2 is 2.00 bits per heavy atom. The van der Waals surface area contributed by atoms with Gasteiger partial charge in [0.05, 0.1) is 5.02 Å². The second-order valence-corrected chi connectivity index (χ2v) is 7.54. The average Bonchev–Trinajstić information content (AvgIpc) is 2.61. The molecule has 1 aromatic carbocycles. The predicted molar refractivity (Wildman–Crippen MR) is 107 cm³/mol. The van der Waals surface area contributed by atoms with Gasteiger partial charge in [-0.2, -0.15) is 0 Å². The summed E-state index contributed by atoms with van der Waals surface area (Å²) in [7, 11) is 3.89. The molecule has 0 aliphatic carbocycles. The van der Waals surface area contributed by atoms with E-state index in [0.29, 0.717) is 28.9 Å². The summed E-state index contributed by atoms with van der Waals surface area (Å²) in [6.45, 7) is 1.81. The number of halogens is 2. The fraction of sp³-hybridized carbons (Fsp3) is 0.474. The summed E-state index contributed by atoms with van der Waals surface area (Å²) < 4.78 is 5.50. The van der Waals surface area contributed by atoms with Crippen LogP contribution in [0.5, 0.6) is 5.75 Å². The molecule has 1 aromatic rings. The van der Waals surface area contributed by atoms with Crippen molar-refractivity contribution in [1.82, 2.24) is 15.1 Å². The van der Waals surface area contributed by atoms with E-state index in [1.54, 1.807) is 29.2 Å². The molecular formula is C19H25Cl2N3O3. The Morgan fingerprint density at radius 3 is 2.63 bits per heavy atom. The first-order chi connectivity index (χ1) is 12.8. The topological polar surface area (TPSA) is 61.9 Å². The molecule has 27 heavy (non-hydrogen) atoms. The minimum absolute atomic E-state index is 0.0777. The quantitative estimate of drug-likeness (QED) is 0.697. The van der Waals surface area contributed by atoms with Crippen LogP contribution < -0.4 is 10.1 Å². The molecule has 1 N–H and O–H groups in total. The van der Waals surface area contributed by atoms with E-state index in [9.17, 15) is 9.59 Å². The van der Waals surface area contributed by atoms with E-state index >= 15 is 0 Å². The third-order valence-corrected chi connectivity index (χ3v) is 4.71. The number of likely N-dealkylation sites (tertiary alicyclic amines) is 1. The number of likely N-dealkylation sites (N-methyl/N-ethyl adjacent to an activating group) is 1. The molecule has 2 rings (SSSR count). The second-order valence-electron chi connectivity index (χ2n) is 6.69. The molecule has 6 nitrogen and oxygen atoms in total. The van der Waals surface area contributed by atoms with Gasteiger partial charge in [0.2, 0.25) is 5.91 Å². The molecule has 0 aromatic heterocycles. The minimum Gasteiger partial charge on any atom is -0.482 e. The third kappa shape index (κ3) is 7.40. The molecule has 0 radical (unpaired) electrons. The van der Waals surface area contributed by atoms with Crippen LogP contribution in [0.4, 0.5) is 0 Å². The van der Waals surface area contributed by atoms with E-state index in [1.165, 1.54) is 0 Å². The molecule has 0 unspecified atom stereocenters. The lowest BCUT2D eigenvalue weighted by molar-refractivity contribution is -0.134. The van der Waals surface area contributed by atoms with Crippen molar-refractivity contribution in [3.8, 4) is 5.75 Å². The van der Waals surface area contributed by atoms with Gasteiger partial charge in [0, 0.05) is 36.8 Å². The number of benzene rings is 1. The van der Waals surface area contributed by atoms with E-state index in [0.717, 1.165) is 19.4 Å². The fourth-order valence-electron chi connectivity index (χ4n) is 2.72. The van der Waals surface area contributed by atoms with Crippen LogP contribution in [0.2, 0.25) is 10.0 Å². The molecule has 148 valence electrons. The molecule has 1 saturated heterocycles. The Balaban J connectivity index is 1.72. The van der Waals surface area contributed by atoms with Crippen LogP contribution in [-0.2, 0) is 9.59 Å². The first-order valence-electron chi connectivity index (χ1n) is 8.82. The third-order valence-electron chi connectivity index (χ3n) is 4.18. The van der Waals surface area contributed by atoms with E-state index in [-0.39, 0.29) is 24.5 Å². The van der Waals surface area contributed by atoms with Gasteiger partial charge in [0.15, 0.2) is 6.61 Å². The molecule has 1 aliphatic rings. The molecule has 1 heterocycles. The van der Waals surface area contributed by atoms with E-state index in [2.05, 4.69) is 5.32 Å². The number of carbonyl (C=O) groups excluding carboxylic acids is 2. The van der Waals surface area contributed by atoms with E-state index in [1.807, 2.05) is 25.1 Å². The summed E-state index contributed by atoms with van der Waals surface area (Å²) in [5, 5.41) is 3.87. The number of carbonyl (C=O) groups is 2. The summed E-state index contributed by atoms with van der Waals surface area (Å²) in [4.78, 5) is 27.9. The summed E-state index contributed by atoms with van der Waals surface area (Å²) in [6, 6.07) is 4.96. The number of amides is 2. The maximum atomic E-state index is 12.3. The van der Waals surface area contributed by atoms with Crippen molar-refractivity contribution < 1.29 is 14.3 Å². The van der Waals surface area contributed by atoms with Crippen LogP contribution in [0.1, 0.15) is 12.8 Å². The molecular weight excluding hydrogens is 389 g/mol. The normalized spacial score (nSPS) is 15.4. The van der Waals surface area contributed by atoms with Crippen molar-refractivity contribution in [3.05, 3.63) is 40.4 Å². The van der Waals surface area contributed by atoms with Gasteiger partial charge in [-0.15, -0.1) is 0 Å². The van der Waals surface area contributed by atoms with Gasteiger partial charge >= 0.3 is 0 Å². The highest BCUT2D eigenvalue weighted by Gasteiger charge is 2.23. The van der Waals surface area contributed by atoms with Crippen LogP contribution in [-0.4, -0.2) is 68.0 Å². The minimum atomic E-state index is -0.100. The molecule has 8 heteroatoms. The number of hydrogen-bond acceptors (Lipinski definition) is 4. The average molecular weight is 414 g/mol. The molecule has 0 spiro atoms. The summed E-state index contributed by atoms with van der Waals surface area (Å²) in [5.74, 6) is 0.236. The molecule has 1 fully saturated rings. The van der Waals surface area contributed by atoms with Crippen molar-refractivity contribution in [2.75, 3.05) is 40.3 Å². The number of nitrogens with one attached hydrogen (secondary N) is 1. The van der Waals surface area contributed by atoms with Crippen molar-refractivity contribution in [2.24, 2.45) is 0 Å². The van der Waals surface area contributed by atoms with Crippen molar-refractivity contribution in [2.45, 2.75) is 18.9 Å². The fourth-order valence-corrected chi connectivity index (χ4v) is 3.18. The lowest BCUT2D eigenvalue weighted by atomic mass is 10.0. The van der Waals surface area contributed by atoms with Crippen molar-refractivity contribution >= 4 is 35.0 Å². The Hall–Kier alpha value is -1.76. The largest absolute Gasteiger partial charge is 0.482 e. The lowest BCUT2D eigenvalue weighted by Crippen LogP contribution is -2.47. The Labute approximate surface area is 170 Å². The molecule has 2 amide bonds. The summed E-state index contributed by atoms with van der Waals surface area (Å²) >= 11 is 11.9. The highest BCUT2D eigenvalue weighted by molar-refractivity contribution is 6.35.